The van der Waals surface area contributed by atoms with Crippen LogP contribution in [0.1, 0.15) is 6.42 Å². The van der Waals surface area contributed by atoms with Crippen LogP contribution in [0.3, 0.4) is 0 Å². The Morgan fingerprint density at radius 2 is 2.00 bits per heavy atom. The lowest BCUT2D eigenvalue weighted by Gasteiger charge is -2.08. The fourth-order valence-corrected chi connectivity index (χ4v) is 2.07. The fraction of sp³-hybridized carbons (Fsp3) is 0.333. The van der Waals surface area contributed by atoms with Crippen LogP contribution in [0, 0.1) is 0 Å². The summed E-state index contributed by atoms with van der Waals surface area (Å²) in [4.78, 5) is 0. The van der Waals surface area contributed by atoms with Crippen molar-refractivity contribution in [1.82, 2.24) is 0 Å². The highest BCUT2D eigenvalue weighted by molar-refractivity contribution is 6.48. The summed E-state index contributed by atoms with van der Waals surface area (Å²) < 4.78 is 10.9. The van der Waals surface area contributed by atoms with Gasteiger partial charge in [0.25, 0.3) is 0 Å². The topological polar surface area (TPSA) is 21.8 Å². The van der Waals surface area contributed by atoms with Crippen molar-refractivity contribution in [2.24, 2.45) is 0 Å². The molecule has 1 aliphatic heterocycles. The van der Waals surface area contributed by atoms with Gasteiger partial charge in [0.15, 0.2) is 0 Å². The Bertz CT molecular complexity index is 434. The second kappa shape index (κ2) is 5.49. The molecule has 1 aliphatic rings. The summed E-state index contributed by atoms with van der Waals surface area (Å²) in [5, 5.41) is 1.06. The Morgan fingerprint density at radius 1 is 1.24 bits per heavy atom. The van der Waals surface area contributed by atoms with Crippen LogP contribution in [0.2, 0.25) is 15.1 Å². The number of hydrogen-bond donors (Lipinski definition) is 0. The molecule has 1 aromatic carbocycles. The SMILES string of the molecule is C=CCC1OC1COc1ccc(Cl)c(Cl)c1Cl. The quantitative estimate of drug-likeness (QED) is 0.457. The van der Waals surface area contributed by atoms with Crippen molar-refractivity contribution in [2.45, 2.75) is 18.6 Å². The molecule has 0 spiro atoms. The first-order valence-corrected chi connectivity index (χ1v) is 6.29. The Morgan fingerprint density at radius 3 is 2.71 bits per heavy atom. The minimum absolute atomic E-state index is 0.110. The van der Waals surface area contributed by atoms with Gasteiger partial charge in [-0.05, 0) is 18.6 Å². The molecule has 2 atom stereocenters. The molecule has 92 valence electrons. The number of rotatable bonds is 5. The Kier molecular flexibility index (Phi) is 4.21. The lowest BCUT2D eigenvalue weighted by molar-refractivity contribution is 0.260. The molecule has 0 amide bonds. The second-order valence-corrected chi connectivity index (χ2v) is 4.88. The van der Waals surface area contributed by atoms with Crippen LogP contribution in [0.4, 0.5) is 0 Å². The van der Waals surface area contributed by atoms with E-state index in [0.29, 0.717) is 27.4 Å². The number of halogens is 3. The van der Waals surface area contributed by atoms with Gasteiger partial charge in [0.1, 0.15) is 23.5 Å². The maximum absolute atomic E-state index is 6.00. The molecule has 1 heterocycles. The van der Waals surface area contributed by atoms with Crippen LogP contribution in [-0.4, -0.2) is 18.8 Å². The zero-order chi connectivity index (χ0) is 12.4. The Hall–Kier alpha value is -0.410. The second-order valence-electron chi connectivity index (χ2n) is 3.72. The third kappa shape index (κ3) is 3.08. The molecule has 5 heteroatoms. The molecule has 1 fully saturated rings. The first-order valence-electron chi connectivity index (χ1n) is 5.16. The molecular weight excluding hydrogens is 282 g/mol. The largest absolute Gasteiger partial charge is 0.489 e. The van der Waals surface area contributed by atoms with Gasteiger partial charge in [0, 0.05) is 0 Å². The maximum atomic E-state index is 6.00. The van der Waals surface area contributed by atoms with Gasteiger partial charge in [-0.2, -0.15) is 0 Å². The Balaban J connectivity index is 1.92. The van der Waals surface area contributed by atoms with Gasteiger partial charge in [-0.25, -0.2) is 0 Å². The number of epoxide rings is 1. The summed E-state index contributed by atoms with van der Waals surface area (Å²) in [6.45, 7) is 4.11. The molecule has 2 rings (SSSR count). The highest BCUT2D eigenvalue weighted by atomic mass is 35.5. The third-order valence-electron chi connectivity index (χ3n) is 2.49. The summed E-state index contributed by atoms with van der Waals surface area (Å²) >= 11 is 17.7. The van der Waals surface area contributed by atoms with Crippen LogP contribution in [0.25, 0.3) is 0 Å². The van der Waals surface area contributed by atoms with Gasteiger partial charge >= 0.3 is 0 Å². The van der Waals surface area contributed by atoms with Gasteiger partial charge in [0.2, 0.25) is 0 Å². The lowest BCUT2D eigenvalue weighted by atomic mass is 10.2. The molecule has 0 aromatic heterocycles. The minimum Gasteiger partial charge on any atom is -0.489 e. The van der Waals surface area contributed by atoms with Crippen LogP contribution in [0.5, 0.6) is 5.75 Å². The zero-order valence-corrected chi connectivity index (χ0v) is 11.2. The van der Waals surface area contributed by atoms with E-state index < -0.39 is 0 Å². The molecule has 2 nitrogen and oxygen atoms in total. The van der Waals surface area contributed by atoms with Crippen LogP contribution in [-0.2, 0) is 4.74 Å². The molecule has 1 saturated heterocycles. The number of ether oxygens (including phenoxy) is 2. The van der Waals surface area contributed by atoms with Gasteiger partial charge in [-0.1, -0.05) is 40.9 Å². The average Bonchev–Trinajstić information content (AvgIpc) is 3.04. The fourth-order valence-electron chi connectivity index (χ4n) is 1.49. The summed E-state index contributed by atoms with van der Waals surface area (Å²) in [6.07, 6.45) is 2.99. The lowest BCUT2D eigenvalue weighted by Crippen LogP contribution is -2.07. The minimum atomic E-state index is 0.110. The molecule has 17 heavy (non-hydrogen) atoms. The summed E-state index contributed by atoms with van der Waals surface area (Å²) in [5.74, 6) is 0.522. The van der Waals surface area contributed by atoms with Crippen molar-refractivity contribution >= 4 is 34.8 Å². The van der Waals surface area contributed by atoms with E-state index in [0.717, 1.165) is 6.42 Å². The van der Waals surface area contributed by atoms with Gasteiger partial charge in [-0.3, -0.25) is 0 Å². The number of hydrogen-bond acceptors (Lipinski definition) is 2. The molecule has 0 N–H and O–H groups in total. The van der Waals surface area contributed by atoms with Crippen molar-refractivity contribution in [3.05, 3.63) is 39.9 Å². The van der Waals surface area contributed by atoms with Crippen molar-refractivity contribution in [1.29, 1.82) is 0 Å². The summed E-state index contributed by atoms with van der Waals surface area (Å²) in [6, 6.07) is 3.35. The molecule has 0 aliphatic carbocycles. The Labute approximate surface area is 115 Å². The highest BCUT2D eigenvalue weighted by Crippen LogP contribution is 2.37. The summed E-state index contributed by atoms with van der Waals surface area (Å²) in [5.41, 5.74) is 0. The van der Waals surface area contributed by atoms with E-state index in [1.807, 2.05) is 6.08 Å². The van der Waals surface area contributed by atoms with Crippen LogP contribution >= 0.6 is 34.8 Å². The number of benzene rings is 1. The smallest absolute Gasteiger partial charge is 0.139 e. The van der Waals surface area contributed by atoms with E-state index in [9.17, 15) is 0 Å². The predicted octanol–water partition coefficient (Wildman–Crippen LogP) is 4.37. The normalized spacial score (nSPS) is 22.3. The molecule has 0 radical (unpaired) electrons. The van der Waals surface area contributed by atoms with E-state index in [1.165, 1.54) is 0 Å². The van der Waals surface area contributed by atoms with Gasteiger partial charge in [0.05, 0.1) is 16.1 Å². The van der Waals surface area contributed by atoms with Crippen LogP contribution in [0.15, 0.2) is 24.8 Å². The van der Waals surface area contributed by atoms with Crippen LogP contribution < -0.4 is 4.74 Å². The third-order valence-corrected chi connectivity index (χ3v) is 3.77. The molecular formula is C12H11Cl3O2. The van der Waals surface area contributed by atoms with E-state index in [4.69, 9.17) is 44.3 Å². The van der Waals surface area contributed by atoms with Crippen molar-refractivity contribution < 1.29 is 9.47 Å². The molecule has 2 unspecified atom stereocenters. The summed E-state index contributed by atoms with van der Waals surface area (Å²) in [7, 11) is 0. The highest BCUT2D eigenvalue weighted by Gasteiger charge is 2.38. The zero-order valence-electron chi connectivity index (χ0n) is 8.96. The van der Waals surface area contributed by atoms with E-state index in [2.05, 4.69) is 6.58 Å². The first kappa shape index (κ1) is 13.0. The molecule has 0 bridgehead atoms. The standard InChI is InChI=1S/C12H11Cl3O2/c1-2-3-8-10(17-8)6-16-9-5-4-7(13)11(14)12(9)15/h2,4-5,8,10H,1,3,6H2. The van der Waals surface area contributed by atoms with Crippen molar-refractivity contribution in [3.8, 4) is 5.75 Å². The molecule has 0 saturated carbocycles. The van der Waals surface area contributed by atoms with Crippen molar-refractivity contribution in [2.75, 3.05) is 6.61 Å². The molecule has 1 aromatic rings. The first-order chi connectivity index (χ1) is 8.13. The van der Waals surface area contributed by atoms with Gasteiger partial charge < -0.3 is 9.47 Å². The maximum Gasteiger partial charge on any atom is 0.139 e. The van der Waals surface area contributed by atoms with E-state index in [1.54, 1.807) is 12.1 Å². The van der Waals surface area contributed by atoms with Gasteiger partial charge in [-0.15, -0.1) is 6.58 Å². The van der Waals surface area contributed by atoms with Crippen molar-refractivity contribution in [3.63, 3.8) is 0 Å². The monoisotopic (exact) mass is 292 g/mol. The average molecular weight is 294 g/mol. The van der Waals surface area contributed by atoms with E-state index >= 15 is 0 Å². The van der Waals surface area contributed by atoms with E-state index in [-0.39, 0.29) is 12.2 Å². The predicted molar refractivity (Wildman–Crippen MR) is 70.4 cm³/mol.